The zero-order valence-corrected chi connectivity index (χ0v) is 10.3. The number of carboxylic acid groups (broad SMARTS) is 1. The van der Waals surface area contributed by atoms with Gasteiger partial charge in [0.25, 0.3) is 0 Å². The van der Waals surface area contributed by atoms with Crippen molar-refractivity contribution in [2.45, 2.75) is 13.0 Å². The van der Waals surface area contributed by atoms with Crippen molar-refractivity contribution < 1.29 is 14.3 Å². The molecule has 19 heavy (non-hydrogen) atoms. The number of pyridine rings is 1. The van der Waals surface area contributed by atoms with Crippen molar-refractivity contribution in [2.75, 3.05) is 5.32 Å². The molecule has 0 saturated carbocycles. The molecule has 0 aliphatic carbocycles. The van der Waals surface area contributed by atoms with Crippen molar-refractivity contribution in [1.29, 1.82) is 0 Å². The van der Waals surface area contributed by atoms with Gasteiger partial charge in [-0.05, 0) is 19.1 Å². The van der Waals surface area contributed by atoms with Crippen LogP contribution in [0.3, 0.4) is 0 Å². The second kappa shape index (κ2) is 5.48. The molecule has 0 amide bonds. The molecule has 0 aliphatic rings. The number of benzene rings is 1. The van der Waals surface area contributed by atoms with Gasteiger partial charge in [-0.1, -0.05) is 18.2 Å². The summed E-state index contributed by atoms with van der Waals surface area (Å²) in [6.45, 7) is 1.51. The van der Waals surface area contributed by atoms with E-state index in [4.69, 9.17) is 5.11 Å². The molecule has 0 bridgehead atoms. The van der Waals surface area contributed by atoms with E-state index in [1.807, 2.05) is 0 Å². The standard InChI is InChI=1S/C14H13FN2O2/c1-9(14(18)19)17-13-8-16-7-6-11(13)10-4-2-3-5-12(10)15/h2-9,17H,1H3,(H,18,19)/t9-/m0/s1. The summed E-state index contributed by atoms with van der Waals surface area (Å²) in [6.07, 6.45) is 3.03. The third-order valence-electron chi connectivity index (χ3n) is 2.73. The van der Waals surface area contributed by atoms with Crippen LogP contribution in [0.4, 0.5) is 10.1 Å². The Morgan fingerprint density at radius 2 is 2.05 bits per heavy atom. The number of halogens is 1. The van der Waals surface area contributed by atoms with E-state index in [1.165, 1.54) is 19.2 Å². The van der Waals surface area contributed by atoms with Crippen molar-refractivity contribution in [3.05, 3.63) is 48.5 Å². The Balaban J connectivity index is 2.42. The normalized spacial score (nSPS) is 11.9. The van der Waals surface area contributed by atoms with Gasteiger partial charge in [0.15, 0.2) is 0 Å². The van der Waals surface area contributed by atoms with Gasteiger partial charge in [-0.15, -0.1) is 0 Å². The number of nitrogens with zero attached hydrogens (tertiary/aromatic N) is 1. The molecule has 98 valence electrons. The second-order valence-electron chi connectivity index (χ2n) is 4.11. The topological polar surface area (TPSA) is 62.2 Å². The van der Waals surface area contributed by atoms with Crippen molar-refractivity contribution in [3.63, 3.8) is 0 Å². The number of carbonyl (C=O) groups is 1. The Morgan fingerprint density at radius 3 is 2.74 bits per heavy atom. The fraction of sp³-hybridized carbons (Fsp3) is 0.143. The average molecular weight is 260 g/mol. The number of aliphatic carboxylic acids is 1. The Hall–Kier alpha value is -2.43. The van der Waals surface area contributed by atoms with Gasteiger partial charge >= 0.3 is 5.97 Å². The molecule has 0 spiro atoms. The molecule has 1 aromatic carbocycles. The second-order valence-corrected chi connectivity index (χ2v) is 4.11. The first-order chi connectivity index (χ1) is 9.09. The molecule has 0 aliphatic heterocycles. The zero-order valence-electron chi connectivity index (χ0n) is 10.3. The van der Waals surface area contributed by atoms with Gasteiger partial charge in [0.05, 0.1) is 11.9 Å². The molecule has 2 aromatic rings. The Kier molecular flexibility index (Phi) is 3.75. The number of aromatic nitrogens is 1. The van der Waals surface area contributed by atoms with Gasteiger partial charge in [-0.2, -0.15) is 0 Å². The van der Waals surface area contributed by atoms with Crippen LogP contribution in [0.5, 0.6) is 0 Å². The summed E-state index contributed by atoms with van der Waals surface area (Å²) < 4.78 is 13.8. The van der Waals surface area contributed by atoms with E-state index in [-0.39, 0.29) is 5.82 Å². The smallest absolute Gasteiger partial charge is 0.325 e. The lowest BCUT2D eigenvalue weighted by atomic mass is 10.0. The van der Waals surface area contributed by atoms with E-state index in [0.717, 1.165) is 0 Å². The van der Waals surface area contributed by atoms with E-state index in [2.05, 4.69) is 10.3 Å². The average Bonchev–Trinajstić information content (AvgIpc) is 2.40. The molecular formula is C14H13FN2O2. The van der Waals surface area contributed by atoms with Crippen LogP contribution in [0.2, 0.25) is 0 Å². The van der Waals surface area contributed by atoms with Gasteiger partial charge in [0.2, 0.25) is 0 Å². The summed E-state index contributed by atoms with van der Waals surface area (Å²) in [5.41, 5.74) is 1.48. The highest BCUT2D eigenvalue weighted by atomic mass is 19.1. The molecule has 2 N–H and O–H groups in total. The van der Waals surface area contributed by atoms with Crippen molar-refractivity contribution >= 4 is 11.7 Å². The van der Waals surface area contributed by atoms with Crippen molar-refractivity contribution in [1.82, 2.24) is 4.98 Å². The predicted molar refractivity (Wildman–Crippen MR) is 70.4 cm³/mol. The molecule has 5 heteroatoms. The molecule has 1 aromatic heterocycles. The van der Waals surface area contributed by atoms with Crippen LogP contribution in [0.15, 0.2) is 42.7 Å². The maximum absolute atomic E-state index is 13.8. The van der Waals surface area contributed by atoms with Crippen LogP contribution < -0.4 is 5.32 Å². The van der Waals surface area contributed by atoms with E-state index in [1.54, 1.807) is 30.5 Å². The van der Waals surface area contributed by atoms with Crippen LogP contribution in [0.1, 0.15) is 6.92 Å². The molecule has 0 unspecified atom stereocenters. The van der Waals surface area contributed by atoms with Crippen LogP contribution in [-0.4, -0.2) is 22.1 Å². The van der Waals surface area contributed by atoms with E-state index < -0.39 is 12.0 Å². The largest absolute Gasteiger partial charge is 0.480 e. The third kappa shape index (κ3) is 2.88. The van der Waals surface area contributed by atoms with Crippen molar-refractivity contribution in [3.8, 4) is 11.1 Å². The maximum atomic E-state index is 13.8. The highest BCUT2D eigenvalue weighted by molar-refractivity contribution is 5.82. The van der Waals surface area contributed by atoms with Gasteiger partial charge in [-0.25, -0.2) is 4.39 Å². The lowest BCUT2D eigenvalue weighted by Gasteiger charge is -2.14. The monoisotopic (exact) mass is 260 g/mol. The molecule has 2 rings (SSSR count). The molecule has 4 nitrogen and oxygen atoms in total. The first-order valence-corrected chi connectivity index (χ1v) is 5.78. The molecule has 0 radical (unpaired) electrons. The molecule has 0 saturated heterocycles. The van der Waals surface area contributed by atoms with Gasteiger partial charge in [-0.3, -0.25) is 9.78 Å². The fourth-order valence-corrected chi connectivity index (χ4v) is 1.72. The molecule has 0 fully saturated rings. The van der Waals surface area contributed by atoms with Crippen molar-refractivity contribution in [2.24, 2.45) is 0 Å². The summed E-state index contributed by atoms with van der Waals surface area (Å²) in [4.78, 5) is 14.8. The van der Waals surface area contributed by atoms with E-state index >= 15 is 0 Å². The first-order valence-electron chi connectivity index (χ1n) is 5.78. The summed E-state index contributed by atoms with van der Waals surface area (Å²) in [6, 6.07) is 7.20. The summed E-state index contributed by atoms with van der Waals surface area (Å²) in [5.74, 6) is -1.34. The van der Waals surface area contributed by atoms with Crippen LogP contribution in [0.25, 0.3) is 11.1 Å². The van der Waals surface area contributed by atoms with Gasteiger partial charge in [0.1, 0.15) is 11.9 Å². The Morgan fingerprint density at radius 1 is 1.32 bits per heavy atom. The highest BCUT2D eigenvalue weighted by Gasteiger charge is 2.14. The lowest BCUT2D eigenvalue weighted by molar-refractivity contribution is -0.137. The first kappa shape index (κ1) is 13.0. The zero-order chi connectivity index (χ0) is 13.8. The Labute approximate surface area is 109 Å². The number of hydrogen-bond donors (Lipinski definition) is 2. The minimum atomic E-state index is -0.983. The maximum Gasteiger partial charge on any atom is 0.325 e. The third-order valence-corrected chi connectivity index (χ3v) is 2.73. The minimum Gasteiger partial charge on any atom is -0.480 e. The summed E-state index contributed by atoms with van der Waals surface area (Å²) >= 11 is 0. The summed E-state index contributed by atoms with van der Waals surface area (Å²) in [7, 11) is 0. The van der Waals surface area contributed by atoms with Crippen LogP contribution >= 0.6 is 0 Å². The summed E-state index contributed by atoms with van der Waals surface area (Å²) in [5, 5.41) is 11.7. The SMILES string of the molecule is C[C@H](Nc1cnccc1-c1ccccc1F)C(=O)O. The minimum absolute atomic E-state index is 0.361. The number of hydrogen-bond acceptors (Lipinski definition) is 3. The highest BCUT2D eigenvalue weighted by Crippen LogP contribution is 2.29. The molecule has 1 heterocycles. The van der Waals surface area contributed by atoms with E-state index in [0.29, 0.717) is 16.8 Å². The van der Waals surface area contributed by atoms with Crippen LogP contribution in [0, 0.1) is 5.82 Å². The Bertz CT molecular complexity index is 602. The number of anilines is 1. The quantitative estimate of drug-likeness (QED) is 0.887. The number of rotatable bonds is 4. The lowest BCUT2D eigenvalue weighted by Crippen LogP contribution is -2.25. The number of carboxylic acids is 1. The molecular weight excluding hydrogens is 247 g/mol. The predicted octanol–water partition coefficient (Wildman–Crippen LogP) is 2.77. The molecule has 1 atom stereocenters. The fourth-order valence-electron chi connectivity index (χ4n) is 1.72. The van der Waals surface area contributed by atoms with Gasteiger partial charge in [0, 0.05) is 17.3 Å². The van der Waals surface area contributed by atoms with E-state index in [9.17, 15) is 9.18 Å². The van der Waals surface area contributed by atoms with Crippen LogP contribution in [-0.2, 0) is 4.79 Å². The van der Waals surface area contributed by atoms with Gasteiger partial charge < -0.3 is 10.4 Å². The number of nitrogens with one attached hydrogen (secondary N) is 1.